The van der Waals surface area contributed by atoms with Gasteiger partial charge in [-0.25, -0.2) is 14.4 Å². The first-order valence-electron chi connectivity index (χ1n) is 17.5. The molecule has 2 aliphatic heterocycles. The topological polar surface area (TPSA) is 234 Å². The van der Waals surface area contributed by atoms with Crippen LogP contribution in [0.4, 0.5) is 0 Å². The third-order valence-electron chi connectivity index (χ3n) is 9.21. The fourth-order valence-electron chi connectivity index (χ4n) is 6.38. The highest BCUT2D eigenvalue weighted by atomic mass is 16.8. The van der Waals surface area contributed by atoms with Gasteiger partial charge in [0.1, 0.15) is 18.8 Å². The Kier molecular flexibility index (Phi) is 18.0. The average Bonchev–Trinajstić information content (AvgIpc) is 3.37. The number of hydrogen-bond donors (Lipinski definition) is 6. The van der Waals surface area contributed by atoms with E-state index in [1.165, 1.54) is 13.0 Å². The van der Waals surface area contributed by atoms with Crippen LogP contribution in [0.3, 0.4) is 0 Å². The molecule has 14 nitrogen and oxygen atoms in total. The molecule has 52 heavy (non-hydrogen) atoms. The quantitative estimate of drug-likeness (QED) is 0.0756. The van der Waals surface area contributed by atoms with Gasteiger partial charge in [0.15, 0.2) is 17.7 Å². The molecule has 0 spiro atoms. The highest BCUT2D eigenvalue weighted by molar-refractivity contribution is 5.99. The summed E-state index contributed by atoms with van der Waals surface area (Å²) in [5, 5.41) is 59.2. The van der Waals surface area contributed by atoms with E-state index in [-0.39, 0.29) is 18.8 Å². The van der Waals surface area contributed by atoms with Gasteiger partial charge in [-0.15, -0.1) is 0 Å². The first kappa shape index (κ1) is 46.1. The van der Waals surface area contributed by atoms with Crippen molar-refractivity contribution in [3.8, 4) is 0 Å². The minimum atomic E-state index is -3.44. The van der Waals surface area contributed by atoms with Gasteiger partial charge in [0, 0.05) is 31.8 Å². The summed E-state index contributed by atoms with van der Waals surface area (Å²) in [7, 11) is 0. The van der Waals surface area contributed by atoms with Crippen LogP contribution in [0.5, 0.6) is 0 Å². The van der Waals surface area contributed by atoms with E-state index in [0.29, 0.717) is 23.8 Å². The lowest BCUT2D eigenvalue weighted by atomic mass is 9.75. The van der Waals surface area contributed by atoms with Gasteiger partial charge >= 0.3 is 23.9 Å². The predicted octanol–water partition coefficient (Wildman–Crippen LogP) is 3.94. The first-order chi connectivity index (χ1) is 24.3. The number of hydrogen-bond acceptors (Lipinski definition) is 11. The summed E-state index contributed by atoms with van der Waals surface area (Å²) >= 11 is 0. The van der Waals surface area contributed by atoms with E-state index in [1.807, 2.05) is 58.0 Å². The minimum absolute atomic E-state index is 0.0601. The minimum Gasteiger partial charge on any atom is -0.479 e. The molecule has 0 radical (unpaired) electrons. The van der Waals surface area contributed by atoms with Gasteiger partial charge in [-0.3, -0.25) is 9.59 Å². The Morgan fingerprint density at radius 3 is 2.12 bits per heavy atom. The number of fused-ring (bicyclic) bond motifs is 2. The van der Waals surface area contributed by atoms with Crippen molar-refractivity contribution in [1.29, 1.82) is 0 Å². The summed E-state index contributed by atoms with van der Waals surface area (Å²) in [5.74, 6) is -8.23. The van der Waals surface area contributed by atoms with Gasteiger partial charge in [0.05, 0.1) is 0 Å². The second kappa shape index (κ2) is 20.3. The third-order valence-corrected chi connectivity index (χ3v) is 9.21. The molecule has 1 aromatic carbocycles. The summed E-state index contributed by atoms with van der Waals surface area (Å²) in [5.41, 5.74) is -5.04. The number of carbonyl (C=O) groups is 5. The molecule has 2 bridgehead atoms. The molecule has 1 aromatic rings. The zero-order chi connectivity index (χ0) is 40.0. The summed E-state index contributed by atoms with van der Waals surface area (Å²) in [6.45, 7) is 16.2. The van der Waals surface area contributed by atoms with Crippen molar-refractivity contribution >= 4 is 29.7 Å². The van der Waals surface area contributed by atoms with Crippen LogP contribution in [0.15, 0.2) is 54.6 Å². The fourth-order valence-corrected chi connectivity index (χ4v) is 6.38. The van der Waals surface area contributed by atoms with E-state index in [2.05, 4.69) is 20.4 Å². The molecule has 0 aromatic heterocycles. The van der Waals surface area contributed by atoms with Gasteiger partial charge < -0.3 is 44.8 Å². The van der Waals surface area contributed by atoms with Gasteiger partial charge in [-0.2, -0.15) is 0 Å². The van der Waals surface area contributed by atoms with Gasteiger partial charge in [0.25, 0.3) is 0 Å². The standard InChI is InChI=1S/C26H32O12.C10H18O2.C2H6/c1-14(20(36-16(3)28)15(2)11-17-7-5-4-6-8-17)9-10-25-19(30)12-24(38-25,22(31)32)26(35,23(33)34)21(37-25)18(29)13-27;1-4-8(2)7-9(3)5-6-10(11)12;1-2/h4-8,15,19-21,27,30,35H,1,9-13H2,2-3H3,(H,31,32)(H,33,34);5-6,8-9H,4,7H2,1-3H3,(H,11,12);1-2H3/b;6-5+;/t15-,19-,20-,21?,24?,25?,26?;8-,9+;/m10./s1. The molecule has 0 amide bonds. The maximum Gasteiger partial charge on any atom is 0.342 e. The highest BCUT2D eigenvalue weighted by Gasteiger charge is 2.80. The van der Waals surface area contributed by atoms with Crippen LogP contribution < -0.4 is 0 Å². The number of rotatable bonds is 17. The van der Waals surface area contributed by atoms with Crippen LogP contribution in [0.1, 0.15) is 86.1 Å². The molecule has 2 saturated heterocycles. The lowest BCUT2D eigenvalue weighted by molar-refractivity contribution is -0.370. The Hall–Kier alpha value is -3.95. The number of carboxylic acid groups (broad SMARTS) is 3. The molecule has 14 heteroatoms. The second-order valence-corrected chi connectivity index (χ2v) is 13.2. The van der Waals surface area contributed by atoms with Crippen molar-refractivity contribution in [2.45, 2.75) is 122 Å². The summed E-state index contributed by atoms with van der Waals surface area (Å²) < 4.78 is 16.6. The van der Waals surface area contributed by atoms with Crippen LogP contribution in [-0.2, 0) is 44.6 Å². The normalized spacial score (nSPS) is 27.0. The molecule has 2 aliphatic rings. The third kappa shape index (κ3) is 11.0. The van der Waals surface area contributed by atoms with Gasteiger partial charge in [-0.05, 0) is 42.2 Å². The van der Waals surface area contributed by atoms with Crippen molar-refractivity contribution in [2.24, 2.45) is 17.8 Å². The molecular formula is C38H56O14. The Morgan fingerprint density at radius 1 is 1.04 bits per heavy atom. The molecule has 0 saturated carbocycles. The molecule has 2 heterocycles. The highest BCUT2D eigenvalue weighted by Crippen LogP contribution is 2.54. The number of aliphatic carboxylic acids is 3. The monoisotopic (exact) mass is 736 g/mol. The van der Waals surface area contributed by atoms with E-state index >= 15 is 0 Å². The molecule has 3 rings (SSSR count). The number of carbonyl (C=O) groups excluding carboxylic acids is 2. The number of Topliss-reactive ketones (excluding diaryl/α,β-unsaturated/α-hetero) is 1. The van der Waals surface area contributed by atoms with Crippen molar-refractivity contribution in [1.82, 2.24) is 0 Å². The van der Waals surface area contributed by atoms with Crippen LogP contribution in [0.2, 0.25) is 0 Å². The van der Waals surface area contributed by atoms with Gasteiger partial charge in [0.2, 0.25) is 11.2 Å². The number of ketones is 1. The Balaban J connectivity index is 0.000000820. The number of benzene rings is 1. The number of aliphatic hydroxyl groups excluding tert-OH is 2. The number of aliphatic hydroxyl groups is 3. The van der Waals surface area contributed by atoms with Gasteiger partial charge in [-0.1, -0.05) is 91.0 Å². The number of carboxylic acids is 3. The zero-order valence-electron chi connectivity index (χ0n) is 31.1. The molecule has 292 valence electrons. The summed E-state index contributed by atoms with van der Waals surface area (Å²) in [6.07, 6.45) is -0.486. The average molecular weight is 737 g/mol. The maximum absolute atomic E-state index is 12.4. The van der Waals surface area contributed by atoms with E-state index in [4.69, 9.17) is 19.3 Å². The van der Waals surface area contributed by atoms with Crippen LogP contribution in [0.25, 0.3) is 0 Å². The molecule has 6 N–H and O–H groups in total. The SMILES string of the molecule is C=C(CCC12OC(C(=O)CO)C(O)(C(=O)O)C(C(=O)O)(C[C@H]1O)O2)[C@@H](OC(C)=O)[C@H](C)Cc1ccccc1.CC.CC[C@H](C)C[C@H](C)/C=C/C(=O)O. The van der Waals surface area contributed by atoms with Crippen molar-refractivity contribution in [3.05, 3.63) is 60.2 Å². The zero-order valence-corrected chi connectivity index (χ0v) is 31.1. The predicted molar refractivity (Wildman–Crippen MR) is 189 cm³/mol. The molecular weight excluding hydrogens is 680 g/mol. The maximum atomic E-state index is 12.4. The first-order valence-corrected chi connectivity index (χ1v) is 17.5. The Labute approximate surface area is 305 Å². The van der Waals surface area contributed by atoms with E-state index in [9.17, 15) is 49.5 Å². The van der Waals surface area contributed by atoms with Crippen LogP contribution >= 0.6 is 0 Å². The van der Waals surface area contributed by atoms with E-state index in [1.54, 1.807) is 6.08 Å². The van der Waals surface area contributed by atoms with Crippen LogP contribution in [0, 0.1) is 17.8 Å². The molecule has 2 fully saturated rings. The lowest BCUT2D eigenvalue weighted by Gasteiger charge is -2.49. The smallest absolute Gasteiger partial charge is 0.342 e. The van der Waals surface area contributed by atoms with E-state index < -0.39 is 78.0 Å². The Morgan fingerprint density at radius 2 is 1.63 bits per heavy atom. The van der Waals surface area contributed by atoms with Crippen molar-refractivity contribution in [3.63, 3.8) is 0 Å². The second-order valence-electron chi connectivity index (χ2n) is 13.2. The largest absolute Gasteiger partial charge is 0.479 e. The summed E-state index contributed by atoms with van der Waals surface area (Å²) in [6, 6.07) is 9.43. The lowest BCUT2D eigenvalue weighted by Crippen LogP contribution is -2.75. The number of esters is 1. The van der Waals surface area contributed by atoms with Crippen molar-refractivity contribution in [2.75, 3.05) is 6.61 Å². The van der Waals surface area contributed by atoms with E-state index in [0.717, 1.165) is 18.4 Å². The molecule has 4 unspecified atom stereocenters. The molecule has 0 aliphatic carbocycles. The summed E-state index contributed by atoms with van der Waals surface area (Å²) in [4.78, 5) is 58.8. The molecule has 9 atom stereocenters. The van der Waals surface area contributed by atoms with Crippen molar-refractivity contribution < 1.29 is 68.8 Å². The number of allylic oxidation sites excluding steroid dienone is 1. The van der Waals surface area contributed by atoms with Crippen LogP contribution in [-0.4, -0.2) is 102 Å². The Bertz CT molecular complexity index is 1410. The number of ether oxygens (including phenoxy) is 3. The fraction of sp³-hybridized carbons (Fsp3) is 0.605.